The zero-order valence-electron chi connectivity index (χ0n) is 18.3. The molecule has 5 rings (SSSR count). The highest BCUT2D eigenvalue weighted by molar-refractivity contribution is 6.31. The summed E-state index contributed by atoms with van der Waals surface area (Å²) in [4.78, 5) is 33.5. The summed E-state index contributed by atoms with van der Waals surface area (Å²) in [5.74, 6) is -5.73. The molecule has 0 spiro atoms. The number of hydrogen-bond donors (Lipinski definition) is 1. The first kappa shape index (κ1) is 23.1. The number of halogens is 5. The molecule has 3 heterocycles. The third-order valence-electron chi connectivity index (χ3n) is 6.52. The zero-order chi connectivity index (χ0) is 24.4. The van der Waals surface area contributed by atoms with Gasteiger partial charge in [-0.1, -0.05) is 11.6 Å². The molecule has 1 aromatic carbocycles. The molecule has 1 saturated heterocycles. The minimum Gasteiger partial charge on any atom is -0.336 e. The zero-order valence-corrected chi connectivity index (χ0v) is 19.1. The molecular formula is C22H22ClF4N5O2. The lowest BCUT2D eigenvalue weighted by molar-refractivity contribution is -0.168. The number of aromatic nitrogens is 2. The lowest BCUT2D eigenvalue weighted by atomic mass is 10.1. The minimum atomic E-state index is -2.91. The van der Waals surface area contributed by atoms with E-state index >= 15 is 0 Å². The van der Waals surface area contributed by atoms with E-state index in [0.29, 0.717) is 44.1 Å². The summed E-state index contributed by atoms with van der Waals surface area (Å²) < 4.78 is 56.6. The highest BCUT2D eigenvalue weighted by atomic mass is 35.5. The molecule has 182 valence electrons. The van der Waals surface area contributed by atoms with Crippen molar-refractivity contribution in [2.75, 3.05) is 26.7 Å². The second-order valence-corrected chi connectivity index (χ2v) is 9.68. The second kappa shape index (κ2) is 7.94. The number of benzene rings is 1. The number of rotatable bonds is 4. The summed E-state index contributed by atoms with van der Waals surface area (Å²) in [5, 5.41) is 2.42. The van der Waals surface area contributed by atoms with E-state index < -0.39 is 48.0 Å². The normalized spacial score (nSPS) is 20.8. The predicted octanol–water partition coefficient (Wildman–Crippen LogP) is 3.06. The molecule has 3 aliphatic rings. The fourth-order valence-corrected chi connectivity index (χ4v) is 4.72. The van der Waals surface area contributed by atoms with Crippen molar-refractivity contribution in [3.8, 4) is 11.4 Å². The van der Waals surface area contributed by atoms with Crippen molar-refractivity contribution < 1.29 is 27.2 Å². The van der Waals surface area contributed by atoms with E-state index in [1.54, 1.807) is 4.57 Å². The average molecular weight is 500 g/mol. The van der Waals surface area contributed by atoms with Crippen LogP contribution in [0.4, 0.5) is 17.6 Å². The molecule has 2 fully saturated rings. The third kappa shape index (κ3) is 3.94. The summed E-state index contributed by atoms with van der Waals surface area (Å²) >= 11 is 5.88. The molecule has 2 aromatic rings. The van der Waals surface area contributed by atoms with E-state index in [0.717, 1.165) is 17.5 Å². The lowest BCUT2D eigenvalue weighted by Gasteiger charge is -2.40. The number of carbonyl (C=O) groups excluding carboxylic acids is 2. The minimum absolute atomic E-state index is 0.0108. The fraction of sp³-hybridized carbons (Fsp3) is 0.500. The Labute approximate surface area is 197 Å². The smallest absolute Gasteiger partial charge is 0.282 e. The van der Waals surface area contributed by atoms with Crippen LogP contribution in [0.5, 0.6) is 0 Å². The van der Waals surface area contributed by atoms with Crippen molar-refractivity contribution in [3.63, 3.8) is 0 Å². The number of fused-ring (bicyclic) bond motifs is 1. The van der Waals surface area contributed by atoms with E-state index in [-0.39, 0.29) is 22.1 Å². The number of likely N-dealkylation sites (tertiary alicyclic amines) is 1. The summed E-state index contributed by atoms with van der Waals surface area (Å²) in [6.45, 7) is 0.175. The Bertz CT molecular complexity index is 1190. The highest BCUT2D eigenvalue weighted by Gasteiger charge is 2.58. The van der Waals surface area contributed by atoms with E-state index in [1.807, 2.05) is 11.9 Å². The molecule has 0 unspecified atom stereocenters. The van der Waals surface area contributed by atoms with Gasteiger partial charge >= 0.3 is 0 Å². The maximum Gasteiger partial charge on any atom is 0.282 e. The Morgan fingerprint density at radius 3 is 2.47 bits per heavy atom. The van der Waals surface area contributed by atoms with E-state index in [9.17, 15) is 27.2 Å². The molecule has 2 amide bonds. The van der Waals surface area contributed by atoms with Crippen molar-refractivity contribution in [1.82, 2.24) is 24.7 Å². The summed E-state index contributed by atoms with van der Waals surface area (Å²) in [6, 6.07) is 1.80. The van der Waals surface area contributed by atoms with Gasteiger partial charge in [-0.2, -0.15) is 0 Å². The Kier molecular flexibility index (Phi) is 5.40. The standard InChI is InChI=1S/C22H22ClF4N5O2/c1-30-5-2-6-32-16(9-30)17(28-18(32)12-7-13(23)15(25)8-14(12)24)19(33)29-21(3-4-21)20(34)31-10-22(26,27)11-31/h7-8H,2-6,9-11H2,1H3,(H,29,33). The van der Waals surface area contributed by atoms with Crippen LogP contribution in [-0.4, -0.2) is 69.3 Å². The van der Waals surface area contributed by atoms with Crippen LogP contribution >= 0.6 is 11.6 Å². The molecule has 7 nitrogen and oxygen atoms in total. The summed E-state index contributed by atoms with van der Waals surface area (Å²) in [6.07, 6.45) is 1.38. The molecule has 0 atom stereocenters. The van der Waals surface area contributed by atoms with Crippen molar-refractivity contribution in [2.24, 2.45) is 0 Å². The summed E-state index contributed by atoms with van der Waals surface area (Å²) in [5.41, 5.74) is -0.746. The second-order valence-electron chi connectivity index (χ2n) is 9.27. The highest BCUT2D eigenvalue weighted by Crippen LogP contribution is 2.41. The van der Waals surface area contributed by atoms with Gasteiger partial charge in [0, 0.05) is 19.2 Å². The maximum atomic E-state index is 14.7. The molecule has 34 heavy (non-hydrogen) atoms. The largest absolute Gasteiger partial charge is 0.336 e. The lowest BCUT2D eigenvalue weighted by Crippen LogP contribution is -2.63. The molecule has 0 bridgehead atoms. The van der Waals surface area contributed by atoms with Crippen LogP contribution in [-0.2, 0) is 17.9 Å². The van der Waals surface area contributed by atoms with Crippen molar-refractivity contribution in [1.29, 1.82) is 0 Å². The SMILES string of the molecule is CN1CCCn2c(-c3cc(Cl)c(F)cc3F)nc(C(=O)NC3(C(=O)N4CC(F)(F)C4)CC3)c2C1. The van der Waals surface area contributed by atoms with Gasteiger partial charge < -0.3 is 19.7 Å². The number of alkyl halides is 2. The molecule has 12 heteroatoms. The van der Waals surface area contributed by atoms with E-state index in [2.05, 4.69) is 10.3 Å². The maximum absolute atomic E-state index is 14.7. The van der Waals surface area contributed by atoms with Crippen molar-refractivity contribution in [3.05, 3.63) is 40.2 Å². The van der Waals surface area contributed by atoms with Gasteiger partial charge in [0.15, 0.2) is 5.69 Å². The van der Waals surface area contributed by atoms with Crippen LogP contribution in [0.15, 0.2) is 12.1 Å². The number of nitrogens with zero attached hydrogens (tertiary/aromatic N) is 4. The topological polar surface area (TPSA) is 70.5 Å². The van der Waals surface area contributed by atoms with Gasteiger partial charge in [0.05, 0.1) is 29.4 Å². The Hall–Kier alpha value is -2.66. The van der Waals surface area contributed by atoms with E-state index in [1.165, 1.54) is 0 Å². The van der Waals surface area contributed by atoms with Crippen molar-refractivity contribution in [2.45, 2.75) is 43.8 Å². The van der Waals surface area contributed by atoms with Gasteiger partial charge in [-0.25, -0.2) is 22.5 Å². The molecule has 1 saturated carbocycles. The molecule has 2 aliphatic heterocycles. The first-order chi connectivity index (χ1) is 16.0. The first-order valence-corrected chi connectivity index (χ1v) is 11.3. The van der Waals surface area contributed by atoms with Gasteiger partial charge in [0.2, 0.25) is 5.91 Å². The fourth-order valence-electron chi connectivity index (χ4n) is 4.55. The summed E-state index contributed by atoms with van der Waals surface area (Å²) in [7, 11) is 1.87. The number of nitrogens with one attached hydrogen (secondary N) is 1. The van der Waals surface area contributed by atoms with E-state index in [4.69, 9.17) is 11.6 Å². The first-order valence-electron chi connectivity index (χ1n) is 10.9. The molecular weight excluding hydrogens is 478 g/mol. The van der Waals surface area contributed by atoms with Gasteiger partial charge in [-0.15, -0.1) is 0 Å². The number of hydrogen-bond acceptors (Lipinski definition) is 4. The predicted molar refractivity (Wildman–Crippen MR) is 114 cm³/mol. The van der Waals surface area contributed by atoms with Crippen LogP contribution < -0.4 is 5.32 Å². The van der Waals surface area contributed by atoms with Gasteiger partial charge in [-0.3, -0.25) is 9.59 Å². The molecule has 1 aliphatic carbocycles. The number of amides is 2. The average Bonchev–Trinajstić information content (AvgIpc) is 3.48. The number of carbonyl (C=O) groups is 2. The molecule has 0 radical (unpaired) electrons. The molecule has 1 aromatic heterocycles. The number of imidazole rings is 1. The van der Waals surface area contributed by atoms with Gasteiger partial charge in [0.1, 0.15) is 23.0 Å². The van der Waals surface area contributed by atoms with Crippen LogP contribution in [0.2, 0.25) is 5.02 Å². The molecule has 1 N–H and O–H groups in total. The van der Waals surface area contributed by atoms with Crippen LogP contribution in [0.25, 0.3) is 11.4 Å². The monoisotopic (exact) mass is 499 g/mol. The van der Waals surface area contributed by atoms with Gasteiger partial charge in [-0.05, 0) is 38.9 Å². The van der Waals surface area contributed by atoms with Crippen LogP contribution in [0.3, 0.4) is 0 Å². The Morgan fingerprint density at radius 1 is 1.12 bits per heavy atom. The third-order valence-corrected chi connectivity index (χ3v) is 6.81. The van der Waals surface area contributed by atoms with Crippen LogP contribution in [0, 0.1) is 11.6 Å². The van der Waals surface area contributed by atoms with Crippen molar-refractivity contribution >= 4 is 23.4 Å². The van der Waals surface area contributed by atoms with Gasteiger partial charge in [0.25, 0.3) is 11.8 Å². The quantitative estimate of drug-likeness (QED) is 0.518. The van der Waals surface area contributed by atoms with Crippen LogP contribution in [0.1, 0.15) is 35.4 Å². The Morgan fingerprint density at radius 2 is 1.82 bits per heavy atom. The Balaban J connectivity index is 1.49.